The van der Waals surface area contributed by atoms with Crippen molar-refractivity contribution in [2.75, 3.05) is 14.2 Å². The van der Waals surface area contributed by atoms with Gasteiger partial charge in [-0.05, 0) is 23.3 Å². The van der Waals surface area contributed by atoms with Crippen LogP contribution < -0.4 is 9.47 Å². The van der Waals surface area contributed by atoms with Gasteiger partial charge in [0.05, 0.1) is 20.8 Å². The molecule has 1 aromatic rings. The van der Waals surface area contributed by atoms with Gasteiger partial charge in [-0.1, -0.05) is 34.8 Å². The predicted molar refractivity (Wildman–Crippen MR) is 67.4 cm³/mol. The van der Waals surface area contributed by atoms with Gasteiger partial charge in [-0.15, -0.1) is 0 Å². The first kappa shape index (κ1) is 13.1. The van der Waals surface area contributed by atoms with Gasteiger partial charge in [0.2, 0.25) is 3.79 Å². The van der Waals surface area contributed by atoms with Crippen LogP contribution in [-0.4, -0.2) is 18.0 Å². The lowest BCUT2D eigenvalue weighted by atomic mass is 10.1. The maximum Gasteiger partial charge on any atom is 0.220 e. The number of ether oxygens (including phenoxy) is 3. The largest absolute Gasteiger partial charge is 0.493 e. The van der Waals surface area contributed by atoms with Crippen molar-refractivity contribution in [3.8, 4) is 11.5 Å². The van der Waals surface area contributed by atoms with Gasteiger partial charge in [0, 0.05) is 0 Å². The Morgan fingerprint density at radius 1 is 1.18 bits per heavy atom. The maximum atomic E-state index is 5.87. The van der Waals surface area contributed by atoms with Crippen molar-refractivity contribution in [2.24, 2.45) is 0 Å². The zero-order chi connectivity index (χ0) is 12.6. The molecule has 0 bridgehead atoms. The minimum absolute atomic E-state index is 0.397. The second-order valence-electron chi connectivity index (χ2n) is 3.64. The topological polar surface area (TPSA) is 27.7 Å². The van der Waals surface area contributed by atoms with Crippen molar-refractivity contribution in [3.63, 3.8) is 0 Å². The predicted octanol–water partition coefficient (Wildman–Crippen LogP) is 3.65. The molecular formula is C11H11Cl3O3. The smallest absolute Gasteiger partial charge is 0.220 e. The molecule has 1 aliphatic heterocycles. The third-order valence-corrected chi connectivity index (χ3v) is 3.23. The first-order valence-corrected chi connectivity index (χ1v) is 6.04. The lowest BCUT2D eigenvalue weighted by Crippen LogP contribution is -2.15. The zero-order valence-electron chi connectivity index (χ0n) is 9.30. The Bertz CT molecular complexity index is 429. The van der Waals surface area contributed by atoms with Crippen LogP contribution in [0.5, 0.6) is 11.5 Å². The lowest BCUT2D eigenvalue weighted by Gasteiger charge is -2.20. The van der Waals surface area contributed by atoms with Crippen LogP contribution in [0.4, 0.5) is 0 Å². The summed E-state index contributed by atoms with van der Waals surface area (Å²) in [6, 6.07) is 3.62. The third-order valence-electron chi connectivity index (χ3n) is 2.63. The molecule has 1 unspecified atom stereocenters. The Balaban J connectivity index is 2.47. The molecule has 0 N–H and O–H groups in total. The number of alkyl halides is 3. The number of halogens is 3. The average Bonchev–Trinajstić information content (AvgIpc) is 2.69. The summed E-state index contributed by atoms with van der Waals surface area (Å²) < 4.78 is 14.4. The van der Waals surface area contributed by atoms with E-state index in [1.54, 1.807) is 20.3 Å². The zero-order valence-corrected chi connectivity index (χ0v) is 11.6. The van der Waals surface area contributed by atoms with Gasteiger partial charge in [-0.3, -0.25) is 0 Å². The molecule has 2 rings (SSSR count). The first-order valence-electron chi connectivity index (χ1n) is 4.90. The van der Waals surface area contributed by atoms with Crippen LogP contribution in [0.25, 0.3) is 0 Å². The molecule has 6 heteroatoms. The van der Waals surface area contributed by atoms with Crippen LogP contribution >= 0.6 is 34.8 Å². The molecule has 0 amide bonds. The van der Waals surface area contributed by atoms with Crippen LogP contribution in [-0.2, 0) is 11.3 Å². The molecule has 0 aliphatic carbocycles. The van der Waals surface area contributed by atoms with E-state index in [0.717, 1.165) is 11.1 Å². The Morgan fingerprint density at radius 3 is 2.29 bits per heavy atom. The highest BCUT2D eigenvalue weighted by Crippen LogP contribution is 2.49. The highest BCUT2D eigenvalue weighted by Gasteiger charge is 2.40. The third kappa shape index (κ3) is 2.43. The number of hydrogen-bond acceptors (Lipinski definition) is 3. The summed E-state index contributed by atoms with van der Waals surface area (Å²) >= 11 is 17.6. The van der Waals surface area contributed by atoms with Crippen LogP contribution in [0.15, 0.2) is 12.1 Å². The standard InChI is InChI=1S/C11H11Cl3O3/c1-15-8-3-6-5-17-10(11(12,13)14)7(6)4-9(8)16-2/h3-4,10H,5H2,1-2H3. The summed E-state index contributed by atoms with van der Waals surface area (Å²) in [5, 5.41) is 0. The van der Waals surface area contributed by atoms with E-state index in [0.29, 0.717) is 18.1 Å². The van der Waals surface area contributed by atoms with Crippen molar-refractivity contribution in [3.05, 3.63) is 23.3 Å². The van der Waals surface area contributed by atoms with Gasteiger partial charge in [0.15, 0.2) is 11.5 Å². The molecule has 0 spiro atoms. The van der Waals surface area contributed by atoms with Gasteiger partial charge in [0.1, 0.15) is 6.10 Å². The van der Waals surface area contributed by atoms with E-state index in [-0.39, 0.29) is 0 Å². The molecule has 1 aliphatic rings. The molecule has 1 heterocycles. The molecule has 0 saturated carbocycles. The molecule has 0 aromatic heterocycles. The van der Waals surface area contributed by atoms with Gasteiger partial charge in [-0.2, -0.15) is 0 Å². The van der Waals surface area contributed by atoms with E-state index in [1.165, 1.54) is 0 Å². The molecule has 0 fully saturated rings. The van der Waals surface area contributed by atoms with Gasteiger partial charge >= 0.3 is 0 Å². The Kier molecular flexibility index (Phi) is 3.64. The summed E-state index contributed by atoms with van der Waals surface area (Å²) in [4.78, 5) is 0. The molecule has 94 valence electrons. The highest BCUT2D eigenvalue weighted by molar-refractivity contribution is 6.68. The van der Waals surface area contributed by atoms with Crippen LogP contribution in [0.2, 0.25) is 0 Å². The Hall–Kier alpha value is -0.350. The van der Waals surface area contributed by atoms with Gasteiger partial charge < -0.3 is 14.2 Å². The van der Waals surface area contributed by atoms with E-state index >= 15 is 0 Å². The molecule has 3 nitrogen and oxygen atoms in total. The van der Waals surface area contributed by atoms with Crippen molar-refractivity contribution < 1.29 is 14.2 Å². The molecular weight excluding hydrogens is 286 g/mol. The fraction of sp³-hybridized carbons (Fsp3) is 0.455. The second kappa shape index (κ2) is 4.73. The SMILES string of the molecule is COc1cc2c(cc1OC)C(C(Cl)(Cl)Cl)OC2. The van der Waals surface area contributed by atoms with Crippen LogP contribution in [0.3, 0.4) is 0 Å². The van der Waals surface area contributed by atoms with E-state index in [4.69, 9.17) is 49.0 Å². The normalized spacial score (nSPS) is 19.0. The van der Waals surface area contributed by atoms with E-state index < -0.39 is 9.90 Å². The van der Waals surface area contributed by atoms with Gasteiger partial charge in [0.25, 0.3) is 0 Å². The number of rotatable bonds is 2. The number of fused-ring (bicyclic) bond motifs is 1. The fourth-order valence-electron chi connectivity index (χ4n) is 1.84. The quantitative estimate of drug-likeness (QED) is 0.780. The minimum atomic E-state index is -1.50. The first-order chi connectivity index (χ1) is 7.97. The van der Waals surface area contributed by atoms with Crippen LogP contribution in [0.1, 0.15) is 17.2 Å². The van der Waals surface area contributed by atoms with Crippen molar-refractivity contribution in [1.29, 1.82) is 0 Å². The van der Waals surface area contributed by atoms with E-state index in [9.17, 15) is 0 Å². The van der Waals surface area contributed by atoms with Crippen LogP contribution in [0, 0.1) is 0 Å². The Morgan fingerprint density at radius 2 is 1.76 bits per heavy atom. The second-order valence-corrected chi connectivity index (χ2v) is 6.01. The number of hydrogen-bond donors (Lipinski definition) is 0. The Labute approximate surface area is 115 Å². The summed E-state index contributed by atoms with van der Waals surface area (Å²) in [6.07, 6.45) is -0.581. The van der Waals surface area contributed by atoms with Crippen molar-refractivity contribution in [2.45, 2.75) is 16.5 Å². The molecule has 17 heavy (non-hydrogen) atoms. The molecule has 0 radical (unpaired) electrons. The maximum absolute atomic E-state index is 5.87. The fourth-order valence-corrected chi connectivity index (χ4v) is 2.38. The van der Waals surface area contributed by atoms with Gasteiger partial charge in [-0.25, -0.2) is 0 Å². The molecule has 1 atom stereocenters. The van der Waals surface area contributed by atoms with Crippen molar-refractivity contribution >= 4 is 34.8 Å². The van der Waals surface area contributed by atoms with Crippen molar-refractivity contribution in [1.82, 2.24) is 0 Å². The summed E-state index contributed by atoms with van der Waals surface area (Å²) in [6.45, 7) is 0.397. The molecule has 0 saturated heterocycles. The molecule has 1 aromatic carbocycles. The summed E-state index contributed by atoms with van der Waals surface area (Å²) in [7, 11) is 3.14. The monoisotopic (exact) mass is 296 g/mol. The summed E-state index contributed by atoms with van der Waals surface area (Å²) in [5.74, 6) is 1.23. The number of methoxy groups -OCH3 is 2. The van der Waals surface area contributed by atoms with E-state index in [2.05, 4.69) is 0 Å². The highest BCUT2D eigenvalue weighted by atomic mass is 35.6. The minimum Gasteiger partial charge on any atom is -0.493 e. The number of benzene rings is 1. The summed E-state index contributed by atoms with van der Waals surface area (Å²) in [5.41, 5.74) is 1.77. The average molecular weight is 298 g/mol. The van der Waals surface area contributed by atoms with E-state index in [1.807, 2.05) is 6.07 Å². The lowest BCUT2D eigenvalue weighted by molar-refractivity contribution is 0.0689.